The van der Waals surface area contributed by atoms with E-state index in [-0.39, 0.29) is 11.5 Å². The minimum atomic E-state index is -0.455. The van der Waals surface area contributed by atoms with Crippen molar-refractivity contribution in [2.75, 3.05) is 5.75 Å². The van der Waals surface area contributed by atoms with Gasteiger partial charge in [0.05, 0.1) is 5.75 Å². The molecule has 0 saturated carbocycles. The second-order valence-electron chi connectivity index (χ2n) is 3.66. The summed E-state index contributed by atoms with van der Waals surface area (Å²) in [6, 6.07) is 7.74. The van der Waals surface area contributed by atoms with E-state index in [0.29, 0.717) is 5.76 Å². The molecule has 2 rings (SSSR count). The van der Waals surface area contributed by atoms with Crippen molar-refractivity contribution in [2.24, 2.45) is 0 Å². The molecule has 1 aromatic carbocycles. The summed E-state index contributed by atoms with van der Waals surface area (Å²) < 4.78 is 5.74. The summed E-state index contributed by atoms with van der Waals surface area (Å²) in [4.78, 5) is 23.9. The van der Waals surface area contributed by atoms with E-state index in [1.807, 2.05) is 0 Å². The van der Waals surface area contributed by atoms with Crippen LogP contribution in [-0.2, 0) is 0 Å². The van der Waals surface area contributed by atoms with E-state index < -0.39 is 11.5 Å². The van der Waals surface area contributed by atoms with Crippen molar-refractivity contribution in [1.29, 1.82) is 0 Å². The van der Waals surface area contributed by atoms with Crippen LogP contribution in [0.4, 0.5) is 0 Å². The number of phenols is 1. The number of nitrogens with zero attached hydrogens (tertiary/aromatic N) is 1. The minimum absolute atomic E-state index is 0.0949. The third kappa shape index (κ3) is 2.84. The molecule has 0 unspecified atom stereocenters. The largest absolute Gasteiger partial charge is 0.508 e. The highest BCUT2D eigenvalue weighted by Crippen LogP contribution is 2.20. The van der Waals surface area contributed by atoms with Gasteiger partial charge in [-0.15, -0.1) is 16.5 Å². The number of benzene rings is 1. The van der Waals surface area contributed by atoms with Crippen LogP contribution in [0.2, 0.25) is 0 Å². The number of aryl methyl sites for hydroxylation is 1. The lowest BCUT2D eigenvalue weighted by Gasteiger charge is -2.00. The number of rotatable bonds is 3. The quantitative estimate of drug-likeness (QED) is 0.858. The van der Waals surface area contributed by atoms with Gasteiger partial charge in [0.2, 0.25) is 0 Å². The molecule has 0 fully saturated rings. The first-order valence-electron chi connectivity index (χ1n) is 5.21. The van der Waals surface area contributed by atoms with Crippen LogP contribution in [0.5, 0.6) is 5.75 Å². The smallest absolute Gasteiger partial charge is 0.290 e. The van der Waals surface area contributed by atoms with Gasteiger partial charge in [0.15, 0.2) is 0 Å². The van der Waals surface area contributed by atoms with Crippen molar-refractivity contribution >= 4 is 17.7 Å². The predicted octanol–water partition coefficient (Wildman–Crippen LogP) is 1.89. The van der Waals surface area contributed by atoms with Crippen LogP contribution >= 0.6 is 11.8 Å². The van der Waals surface area contributed by atoms with Gasteiger partial charge in [-0.3, -0.25) is 9.59 Å². The highest BCUT2D eigenvalue weighted by molar-refractivity contribution is 8.00. The van der Waals surface area contributed by atoms with Crippen molar-refractivity contribution in [2.45, 2.75) is 11.8 Å². The average molecular weight is 265 g/mol. The first-order chi connectivity index (χ1) is 8.56. The number of carbonyl (C=O) groups excluding carboxylic acids is 1. The monoisotopic (exact) mass is 265 g/mol. The Morgan fingerprint density at radius 2 is 2.06 bits per heavy atom. The van der Waals surface area contributed by atoms with Crippen molar-refractivity contribution in [3.63, 3.8) is 0 Å². The fraction of sp³-hybridized carbons (Fsp3) is 0.167. The number of aromatic hydroxyl groups is 1. The summed E-state index contributed by atoms with van der Waals surface area (Å²) in [6.07, 6.45) is 0. The molecule has 0 aliphatic carbocycles. The molecule has 0 aliphatic rings. The van der Waals surface area contributed by atoms with Gasteiger partial charge in [-0.1, -0.05) is 0 Å². The zero-order valence-corrected chi connectivity index (χ0v) is 10.4. The highest BCUT2D eigenvalue weighted by Gasteiger charge is 2.12. The van der Waals surface area contributed by atoms with Crippen molar-refractivity contribution < 1.29 is 14.4 Å². The maximum absolute atomic E-state index is 11.7. The normalized spacial score (nSPS) is 10.5. The topological polar surface area (TPSA) is 72.4 Å². The lowest BCUT2D eigenvalue weighted by Crippen LogP contribution is -2.23. The molecule has 0 atom stereocenters. The van der Waals surface area contributed by atoms with Crippen LogP contribution in [0.1, 0.15) is 10.6 Å². The van der Waals surface area contributed by atoms with E-state index in [0.717, 1.165) is 9.64 Å². The molecule has 1 N–H and O–H groups in total. The van der Waals surface area contributed by atoms with Gasteiger partial charge < -0.3 is 9.63 Å². The Balaban J connectivity index is 2.02. The van der Waals surface area contributed by atoms with Crippen LogP contribution in [0.3, 0.4) is 0 Å². The second kappa shape index (κ2) is 5.14. The van der Waals surface area contributed by atoms with Gasteiger partial charge in [0.1, 0.15) is 11.5 Å². The number of hydrogen-bond donors (Lipinski definition) is 1. The highest BCUT2D eigenvalue weighted by atomic mass is 32.2. The van der Waals surface area contributed by atoms with Gasteiger partial charge in [-0.25, -0.2) is 0 Å². The van der Waals surface area contributed by atoms with E-state index in [2.05, 4.69) is 0 Å². The van der Waals surface area contributed by atoms with Gasteiger partial charge in [-0.05, 0) is 31.2 Å². The third-order valence-electron chi connectivity index (χ3n) is 2.19. The van der Waals surface area contributed by atoms with Crippen molar-refractivity contribution in [3.05, 3.63) is 46.4 Å². The molecule has 0 radical (unpaired) electrons. The zero-order chi connectivity index (χ0) is 13.1. The molecule has 0 aliphatic heterocycles. The lowest BCUT2D eigenvalue weighted by atomic mass is 10.3. The minimum Gasteiger partial charge on any atom is -0.508 e. The second-order valence-corrected chi connectivity index (χ2v) is 4.70. The fourth-order valence-corrected chi connectivity index (χ4v) is 2.10. The molecule has 94 valence electrons. The Morgan fingerprint density at radius 1 is 1.39 bits per heavy atom. The molecule has 0 bridgehead atoms. The van der Waals surface area contributed by atoms with Gasteiger partial charge in [-0.2, -0.15) is 0 Å². The summed E-state index contributed by atoms with van der Waals surface area (Å²) in [6.45, 7) is 1.61. The molecule has 1 heterocycles. The Labute approximate surface area is 107 Å². The summed E-state index contributed by atoms with van der Waals surface area (Å²) in [5, 5.41) is 9.11. The Kier molecular flexibility index (Phi) is 3.57. The fourth-order valence-electron chi connectivity index (χ4n) is 1.37. The molecule has 6 heteroatoms. The molecule has 5 nitrogen and oxygen atoms in total. The molecule has 1 aromatic heterocycles. The van der Waals surface area contributed by atoms with E-state index in [1.165, 1.54) is 30.0 Å². The number of hydrogen-bond acceptors (Lipinski definition) is 5. The summed E-state index contributed by atoms with van der Waals surface area (Å²) in [5.74, 6) is 0.259. The maximum Gasteiger partial charge on any atom is 0.290 e. The molecular formula is C12H11NO4S. The predicted molar refractivity (Wildman–Crippen MR) is 67.2 cm³/mol. The molecule has 0 saturated heterocycles. The van der Waals surface area contributed by atoms with E-state index in [1.54, 1.807) is 19.1 Å². The standard InChI is InChI=1S/C12H11NO4S/c1-8-6-11(15)13(17-8)12(16)7-18-10-4-2-9(14)3-5-10/h2-6,14H,7H2,1H3. The summed E-state index contributed by atoms with van der Waals surface area (Å²) in [5.41, 5.74) is -0.455. The van der Waals surface area contributed by atoms with Gasteiger partial charge in [0, 0.05) is 11.0 Å². The van der Waals surface area contributed by atoms with E-state index in [4.69, 9.17) is 9.63 Å². The van der Waals surface area contributed by atoms with E-state index in [9.17, 15) is 9.59 Å². The van der Waals surface area contributed by atoms with Gasteiger partial charge in [0.25, 0.3) is 11.5 Å². The molecule has 18 heavy (non-hydrogen) atoms. The lowest BCUT2D eigenvalue weighted by molar-refractivity contribution is 0.0813. The van der Waals surface area contributed by atoms with Gasteiger partial charge >= 0.3 is 0 Å². The van der Waals surface area contributed by atoms with Crippen molar-refractivity contribution in [3.8, 4) is 5.75 Å². The number of aromatic nitrogens is 1. The number of carbonyl (C=O) groups is 1. The molecule has 2 aromatic rings. The van der Waals surface area contributed by atoms with Crippen LogP contribution in [-0.4, -0.2) is 21.5 Å². The van der Waals surface area contributed by atoms with Crippen molar-refractivity contribution in [1.82, 2.24) is 4.74 Å². The van der Waals surface area contributed by atoms with E-state index >= 15 is 0 Å². The molecule has 0 spiro atoms. The Bertz CT molecular complexity index is 612. The summed E-state index contributed by atoms with van der Waals surface area (Å²) >= 11 is 1.27. The van der Waals surface area contributed by atoms with Crippen LogP contribution in [0.25, 0.3) is 0 Å². The van der Waals surface area contributed by atoms with Crippen LogP contribution in [0.15, 0.2) is 44.5 Å². The first kappa shape index (κ1) is 12.5. The van der Waals surface area contributed by atoms with Crippen LogP contribution < -0.4 is 5.56 Å². The molecule has 0 amide bonds. The first-order valence-corrected chi connectivity index (χ1v) is 6.20. The summed E-state index contributed by atoms with van der Waals surface area (Å²) in [7, 11) is 0. The zero-order valence-electron chi connectivity index (χ0n) is 9.62. The molecular weight excluding hydrogens is 254 g/mol. The SMILES string of the molecule is Cc1cc(=O)n(C(=O)CSc2ccc(O)cc2)o1. The third-order valence-corrected chi connectivity index (χ3v) is 3.18. The maximum atomic E-state index is 11.7. The Hall–Kier alpha value is -1.95. The Morgan fingerprint density at radius 3 is 2.61 bits per heavy atom. The van der Waals surface area contributed by atoms with Crippen LogP contribution in [0, 0.1) is 6.92 Å². The number of phenolic OH excluding ortho intramolecular Hbond substituents is 1. The number of thioether (sulfide) groups is 1. The average Bonchev–Trinajstić information content (AvgIpc) is 2.67.